The van der Waals surface area contributed by atoms with Crippen molar-refractivity contribution in [3.8, 4) is 5.75 Å². The van der Waals surface area contributed by atoms with E-state index in [-0.39, 0.29) is 6.61 Å². The first kappa shape index (κ1) is 16.5. The molecule has 0 radical (unpaired) electrons. The third-order valence-electron chi connectivity index (χ3n) is 2.56. The topological polar surface area (TPSA) is 55.3 Å². The second-order valence-electron chi connectivity index (χ2n) is 4.44. The number of hydrogen-bond donors (Lipinski definition) is 2. The molecule has 0 aromatic heterocycles. The van der Waals surface area contributed by atoms with E-state index in [4.69, 9.17) is 32.7 Å². The fourth-order valence-corrected chi connectivity index (χ4v) is 1.90. The predicted octanol–water partition coefficient (Wildman–Crippen LogP) is 1.33. The molecule has 0 amide bonds. The SMILES string of the molecule is COC[C@@H](C)[NH2+]C[C@@H](O)COc1cc(Cl)ccc1Cl. The fourth-order valence-electron chi connectivity index (χ4n) is 1.56. The van der Waals surface area contributed by atoms with Gasteiger partial charge in [0, 0.05) is 18.2 Å². The summed E-state index contributed by atoms with van der Waals surface area (Å²) in [5.74, 6) is 0.484. The van der Waals surface area contributed by atoms with Crippen LogP contribution in [0.25, 0.3) is 0 Å². The van der Waals surface area contributed by atoms with Gasteiger partial charge in [-0.05, 0) is 19.1 Å². The predicted molar refractivity (Wildman–Crippen MR) is 76.1 cm³/mol. The lowest BCUT2D eigenvalue weighted by molar-refractivity contribution is -0.693. The Labute approximate surface area is 123 Å². The quantitative estimate of drug-likeness (QED) is 0.762. The van der Waals surface area contributed by atoms with Gasteiger partial charge in [-0.3, -0.25) is 0 Å². The van der Waals surface area contributed by atoms with Crippen LogP contribution >= 0.6 is 23.2 Å². The van der Waals surface area contributed by atoms with Crippen molar-refractivity contribution >= 4 is 23.2 Å². The van der Waals surface area contributed by atoms with Gasteiger partial charge in [0.1, 0.15) is 31.0 Å². The van der Waals surface area contributed by atoms with Gasteiger partial charge in [-0.2, -0.15) is 0 Å². The van der Waals surface area contributed by atoms with Crippen molar-refractivity contribution in [1.29, 1.82) is 0 Å². The lowest BCUT2D eigenvalue weighted by atomic mass is 10.3. The Morgan fingerprint density at radius 3 is 2.74 bits per heavy atom. The Bertz CT molecular complexity index is 390. The Morgan fingerprint density at radius 2 is 2.05 bits per heavy atom. The normalized spacial score (nSPS) is 14.2. The highest BCUT2D eigenvalue weighted by molar-refractivity contribution is 6.34. The summed E-state index contributed by atoms with van der Waals surface area (Å²) < 4.78 is 10.5. The summed E-state index contributed by atoms with van der Waals surface area (Å²) in [5.41, 5.74) is 0. The zero-order chi connectivity index (χ0) is 14.3. The number of aliphatic hydroxyl groups excluding tert-OH is 1. The van der Waals surface area contributed by atoms with E-state index in [1.165, 1.54) is 0 Å². The minimum absolute atomic E-state index is 0.177. The van der Waals surface area contributed by atoms with Gasteiger partial charge < -0.3 is 19.9 Å². The van der Waals surface area contributed by atoms with Crippen molar-refractivity contribution in [1.82, 2.24) is 0 Å². The number of halogens is 2. The zero-order valence-electron chi connectivity index (χ0n) is 11.1. The molecule has 0 fully saturated rings. The van der Waals surface area contributed by atoms with Crippen molar-refractivity contribution in [2.75, 3.05) is 26.9 Å². The average molecular weight is 309 g/mol. The van der Waals surface area contributed by atoms with Crippen LogP contribution < -0.4 is 10.1 Å². The maximum absolute atomic E-state index is 9.81. The molecule has 0 unspecified atom stereocenters. The molecule has 0 aliphatic carbocycles. The molecule has 2 atom stereocenters. The van der Waals surface area contributed by atoms with Crippen LogP contribution in [0.4, 0.5) is 0 Å². The van der Waals surface area contributed by atoms with Gasteiger partial charge in [-0.1, -0.05) is 23.2 Å². The number of nitrogens with two attached hydrogens (primary N) is 1. The molecule has 0 saturated carbocycles. The van der Waals surface area contributed by atoms with Crippen LogP contribution in [0.5, 0.6) is 5.75 Å². The monoisotopic (exact) mass is 308 g/mol. The van der Waals surface area contributed by atoms with E-state index in [9.17, 15) is 5.11 Å². The summed E-state index contributed by atoms with van der Waals surface area (Å²) >= 11 is 11.8. The molecule has 108 valence electrons. The van der Waals surface area contributed by atoms with Crippen LogP contribution in [-0.2, 0) is 4.74 Å². The minimum atomic E-state index is -0.575. The second-order valence-corrected chi connectivity index (χ2v) is 5.29. The molecule has 0 saturated heterocycles. The molecule has 0 heterocycles. The number of quaternary nitrogens is 1. The lowest BCUT2D eigenvalue weighted by Crippen LogP contribution is -2.92. The highest BCUT2D eigenvalue weighted by Gasteiger charge is 2.12. The average Bonchev–Trinajstić information content (AvgIpc) is 2.38. The second kappa shape index (κ2) is 8.61. The molecule has 4 nitrogen and oxygen atoms in total. The summed E-state index contributed by atoms with van der Waals surface area (Å²) in [4.78, 5) is 0. The van der Waals surface area contributed by atoms with Crippen molar-refractivity contribution in [2.24, 2.45) is 0 Å². The molecule has 0 aliphatic heterocycles. The standard InChI is InChI=1S/C13H19Cl2NO3/c1-9(7-18-2)16-6-11(17)8-19-13-5-10(14)3-4-12(13)15/h3-5,9,11,16-17H,6-8H2,1-2H3/p+1/t9-,11-/m1/s1. The molecule has 0 bridgehead atoms. The Kier molecular flexibility index (Phi) is 7.49. The van der Waals surface area contributed by atoms with Gasteiger partial charge in [-0.15, -0.1) is 0 Å². The summed E-state index contributed by atoms with van der Waals surface area (Å²) in [6, 6.07) is 5.29. The van der Waals surface area contributed by atoms with Crippen LogP contribution in [0.2, 0.25) is 10.0 Å². The van der Waals surface area contributed by atoms with Crippen LogP contribution in [0.3, 0.4) is 0 Å². The van der Waals surface area contributed by atoms with E-state index in [1.54, 1.807) is 25.3 Å². The van der Waals surface area contributed by atoms with E-state index >= 15 is 0 Å². The highest BCUT2D eigenvalue weighted by Crippen LogP contribution is 2.27. The lowest BCUT2D eigenvalue weighted by Gasteiger charge is -2.15. The Balaban J connectivity index is 2.33. The van der Waals surface area contributed by atoms with E-state index < -0.39 is 6.10 Å². The van der Waals surface area contributed by atoms with Crippen LogP contribution in [0, 0.1) is 0 Å². The molecular formula is C13H20Cl2NO3+. The van der Waals surface area contributed by atoms with E-state index in [0.717, 1.165) is 0 Å². The molecule has 3 N–H and O–H groups in total. The van der Waals surface area contributed by atoms with Crippen molar-refractivity contribution < 1.29 is 19.9 Å². The first-order valence-corrected chi connectivity index (χ1v) is 6.86. The maximum atomic E-state index is 9.81. The summed E-state index contributed by atoms with van der Waals surface area (Å²) in [6.07, 6.45) is -0.575. The number of hydrogen-bond acceptors (Lipinski definition) is 3. The maximum Gasteiger partial charge on any atom is 0.139 e. The first-order chi connectivity index (χ1) is 9.02. The van der Waals surface area contributed by atoms with E-state index in [0.29, 0.717) is 35.0 Å². The van der Waals surface area contributed by atoms with Crippen LogP contribution in [0.15, 0.2) is 18.2 Å². The van der Waals surface area contributed by atoms with Gasteiger partial charge in [0.15, 0.2) is 0 Å². The highest BCUT2D eigenvalue weighted by atomic mass is 35.5. The molecule has 1 aromatic rings. The number of aliphatic hydroxyl groups is 1. The number of methoxy groups -OCH3 is 1. The Morgan fingerprint density at radius 1 is 1.32 bits per heavy atom. The van der Waals surface area contributed by atoms with Gasteiger partial charge in [0.05, 0.1) is 11.6 Å². The number of rotatable bonds is 8. The van der Waals surface area contributed by atoms with Gasteiger partial charge >= 0.3 is 0 Å². The molecule has 6 heteroatoms. The number of ether oxygens (including phenoxy) is 2. The van der Waals surface area contributed by atoms with Crippen molar-refractivity contribution in [2.45, 2.75) is 19.1 Å². The first-order valence-electron chi connectivity index (χ1n) is 6.11. The largest absolute Gasteiger partial charge is 0.489 e. The third kappa shape index (κ3) is 6.45. The van der Waals surface area contributed by atoms with Crippen LogP contribution in [0.1, 0.15) is 6.92 Å². The Hall–Kier alpha value is -0.520. The number of benzene rings is 1. The summed E-state index contributed by atoms with van der Waals surface area (Å²) in [7, 11) is 1.66. The summed E-state index contributed by atoms with van der Waals surface area (Å²) in [6.45, 7) is 3.40. The molecule has 1 aromatic carbocycles. The van der Waals surface area contributed by atoms with Crippen molar-refractivity contribution in [3.63, 3.8) is 0 Å². The van der Waals surface area contributed by atoms with Crippen LogP contribution in [-0.4, -0.2) is 44.1 Å². The van der Waals surface area contributed by atoms with Gasteiger partial charge in [0.25, 0.3) is 0 Å². The third-order valence-corrected chi connectivity index (χ3v) is 3.11. The summed E-state index contributed by atoms with van der Waals surface area (Å²) in [5, 5.41) is 12.9. The van der Waals surface area contributed by atoms with Gasteiger partial charge in [-0.25, -0.2) is 0 Å². The van der Waals surface area contributed by atoms with E-state index in [2.05, 4.69) is 0 Å². The van der Waals surface area contributed by atoms with Crippen molar-refractivity contribution in [3.05, 3.63) is 28.2 Å². The molecule has 19 heavy (non-hydrogen) atoms. The van der Waals surface area contributed by atoms with Gasteiger partial charge in [0.2, 0.25) is 0 Å². The fraction of sp³-hybridized carbons (Fsp3) is 0.538. The molecule has 0 aliphatic rings. The molecule has 1 rings (SSSR count). The molecule has 0 spiro atoms. The molecular weight excluding hydrogens is 289 g/mol. The zero-order valence-corrected chi connectivity index (χ0v) is 12.6. The minimum Gasteiger partial charge on any atom is -0.489 e. The van der Waals surface area contributed by atoms with E-state index in [1.807, 2.05) is 12.2 Å². The smallest absolute Gasteiger partial charge is 0.139 e.